The van der Waals surface area contributed by atoms with Gasteiger partial charge in [0.15, 0.2) is 5.76 Å². The normalized spacial score (nSPS) is 13.6. The Morgan fingerprint density at radius 1 is 1.05 bits per heavy atom. The summed E-state index contributed by atoms with van der Waals surface area (Å²) < 4.78 is 5.65. The van der Waals surface area contributed by atoms with Crippen molar-refractivity contribution in [2.45, 2.75) is 13.1 Å². The van der Waals surface area contributed by atoms with Crippen LogP contribution in [0.1, 0.15) is 21.7 Å². The molecule has 2 heterocycles. The molecular weight excluding hydrogens is 264 g/mol. The van der Waals surface area contributed by atoms with Gasteiger partial charge in [0.1, 0.15) is 5.58 Å². The van der Waals surface area contributed by atoms with Crippen LogP contribution in [0.15, 0.2) is 52.9 Å². The summed E-state index contributed by atoms with van der Waals surface area (Å²) in [6.45, 7) is 1.18. The first-order chi connectivity index (χ1) is 10.2. The lowest BCUT2D eigenvalue weighted by Crippen LogP contribution is -2.24. The van der Waals surface area contributed by atoms with Gasteiger partial charge in [0, 0.05) is 24.2 Å². The molecule has 2 aromatic carbocycles. The lowest BCUT2D eigenvalue weighted by atomic mass is 10.1. The third-order valence-electron chi connectivity index (χ3n) is 3.88. The number of carbonyl (C=O) groups excluding carboxylic acids is 1. The van der Waals surface area contributed by atoms with Crippen molar-refractivity contribution in [2.75, 3.05) is 5.73 Å². The maximum absolute atomic E-state index is 12.6. The van der Waals surface area contributed by atoms with Crippen LogP contribution < -0.4 is 5.73 Å². The zero-order valence-electron chi connectivity index (χ0n) is 11.4. The first kappa shape index (κ1) is 12.0. The molecule has 0 aliphatic carbocycles. The number of nitrogens with two attached hydrogens (primary N) is 1. The van der Waals surface area contributed by atoms with E-state index in [-0.39, 0.29) is 5.91 Å². The molecule has 21 heavy (non-hydrogen) atoms. The highest BCUT2D eigenvalue weighted by Gasteiger charge is 2.26. The number of anilines is 1. The Bertz CT molecular complexity index is 818. The molecule has 4 nitrogen and oxygen atoms in total. The highest BCUT2D eigenvalue weighted by atomic mass is 16.3. The number of amides is 1. The van der Waals surface area contributed by atoms with Gasteiger partial charge >= 0.3 is 0 Å². The topological polar surface area (TPSA) is 59.5 Å². The molecule has 1 amide bonds. The third kappa shape index (κ3) is 1.96. The van der Waals surface area contributed by atoms with E-state index in [4.69, 9.17) is 10.2 Å². The van der Waals surface area contributed by atoms with E-state index in [0.29, 0.717) is 18.8 Å². The molecule has 1 aliphatic rings. The van der Waals surface area contributed by atoms with Gasteiger partial charge in [0.25, 0.3) is 5.91 Å². The minimum atomic E-state index is -0.0824. The lowest BCUT2D eigenvalue weighted by molar-refractivity contribution is 0.0721. The first-order valence-corrected chi connectivity index (χ1v) is 6.86. The highest BCUT2D eigenvalue weighted by molar-refractivity contribution is 5.96. The second kappa shape index (κ2) is 4.38. The van der Waals surface area contributed by atoms with E-state index >= 15 is 0 Å². The number of fused-ring (bicyclic) bond motifs is 2. The van der Waals surface area contributed by atoms with E-state index < -0.39 is 0 Å². The molecule has 4 rings (SSSR count). The number of furan rings is 1. The number of hydrogen-bond acceptors (Lipinski definition) is 3. The molecule has 0 atom stereocenters. The van der Waals surface area contributed by atoms with Gasteiger partial charge in [0.05, 0.1) is 0 Å². The van der Waals surface area contributed by atoms with Crippen LogP contribution in [0.5, 0.6) is 0 Å². The van der Waals surface area contributed by atoms with Crippen LogP contribution in [0.4, 0.5) is 5.69 Å². The molecule has 1 aliphatic heterocycles. The molecule has 0 unspecified atom stereocenters. The lowest BCUT2D eigenvalue weighted by Gasteiger charge is -2.13. The molecule has 3 aromatic rings. The predicted molar refractivity (Wildman–Crippen MR) is 80.6 cm³/mol. The number of para-hydroxylation sites is 1. The number of nitrogens with zero attached hydrogens (tertiary/aromatic N) is 1. The number of benzene rings is 2. The zero-order chi connectivity index (χ0) is 14.4. The fourth-order valence-corrected chi connectivity index (χ4v) is 2.80. The van der Waals surface area contributed by atoms with Crippen LogP contribution in [0, 0.1) is 0 Å². The fraction of sp³-hybridized carbons (Fsp3) is 0.118. The van der Waals surface area contributed by atoms with E-state index in [1.54, 1.807) is 11.0 Å². The van der Waals surface area contributed by atoms with Gasteiger partial charge in [-0.15, -0.1) is 0 Å². The summed E-state index contributed by atoms with van der Waals surface area (Å²) in [4.78, 5) is 14.4. The van der Waals surface area contributed by atoms with Gasteiger partial charge < -0.3 is 15.1 Å². The Labute approximate surface area is 121 Å². The largest absolute Gasteiger partial charge is 0.451 e. The standard InChI is InChI=1S/C17H14N2O2/c18-14-6-5-12-9-19(10-13(12)7-14)17(20)16-8-11-3-1-2-4-15(11)21-16/h1-8H,9-10,18H2. The summed E-state index contributed by atoms with van der Waals surface area (Å²) in [6.07, 6.45) is 0. The van der Waals surface area contributed by atoms with E-state index in [9.17, 15) is 4.79 Å². The third-order valence-corrected chi connectivity index (χ3v) is 3.88. The molecule has 0 spiro atoms. The molecule has 1 aromatic heterocycles. The molecule has 0 bridgehead atoms. The van der Waals surface area contributed by atoms with Crippen molar-refractivity contribution in [3.8, 4) is 0 Å². The van der Waals surface area contributed by atoms with E-state index in [2.05, 4.69) is 0 Å². The number of nitrogen functional groups attached to an aromatic ring is 1. The Hall–Kier alpha value is -2.75. The van der Waals surface area contributed by atoms with Crippen molar-refractivity contribution in [1.82, 2.24) is 4.90 Å². The van der Waals surface area contributed by atoms with Crippen molar-refractivity contribution < 1.29 is 9.21 Å². The molecule has 104 valence electrons. The highest BCUT2D eigenvalue weighted by Crippen LogP contribution is 2.27. The molecule has 0 saturated carbocycles. The zero-order valence-corrected chi connectivity index (χ0v) is 11.4. The average molecular weight is 278 g/mol. The average Bonchev–Trinajstić information content (AvgIpc) is 3.09. The van der Waals surface area contributed by atoms with Gasteiger partial charge in [0.2, 0.25) is 0 Å². The second-order valence-electron chi connectivity index (χ2n) is 5.34. The molecule has 0 fully saturated rings. The van der Waals surface area contributed by atoms with Gasteiger partial charge in [-0.05, 0) is 35.4 Å². The van der Waals surface area contributed by atoms with Crippen LogP contribution in [0.3, 0.4) is 0 Å². The van der Waals surface area contributed by atoms with Crippen LogP contribution in [0.2, 0.25) is 0 Å². The van der Waals surface area contributed by atoms with E-state index in [1.807, 2.05) is 42.5 Å². The van der Waals surface area contributed by atoms with Gasteiger partial charge in [-0.2, -0.15) is 0 Å². The van der Waals surface area contributed by atoms with E-state index in [0.717, 1.165) is 27.8 Å². The summed E-state index contributed by atoms with van der Waals surface area (Å²) in [6, 6.07) is 15.2. The number of rotatable bonds is 1. The van der Waals surface area contributed by atoms with Gasteiger partial charge in [-0.3, -0.25) is 4.79 Å². The van der Waals surface area contributed by atoms with Crippen molar-refractivity contribution >= 4 is 22.6 Å². The molecule has 0 radical (unpaired) electrons. The summed E-state index contributed by atoms with van der Waals surface area (Å²) in [5.74, 6) is 0.304. The van der Waals surface area contributed by atoms with Crippen LogP contribution >= 0.6 is 0 Å². The SMILES string of the molecule is Nc1ccc2c(c1)CN(C(=O)c1cc3ccccc3o1)C2. The molecule has 2 N–H and O–H groups in total. The maximum atomic E-state index is 12.6. The predicted octanol–water partition coefficient (Wildman–Crippen LogP) is 3.17. The molecule has 4 heteroatoms. The Morgan fingerprint density at radius 2 is 1.86 bits per heavy atom. The summed E-state index contributed by atoms with van der Waals surface area (Å²) in [5, 5.41) is 0.946. The number of hydrogen-bond donors (Lipinski definition) is 1. The summed E-state index contributed by atoms with van der Waals surface area (Å²) in [5.41, 5.74) is 9.52. The minimum absolute atomic E-state index is 0.0824. The Kier molecular flexibility index (Phi) is 2.51. The Balaban J connectivity index is 1.64. The van der Waals surface area contributed by atoms with Crippen LogP contribution in [-0.2, 0) is 13.1 Å². The summed E-state index contributed by atoms with van der Waals surface area (Å²) in [7, 11) is 0. The summed E-state index contributed by atoms with van der Waals surface area (Å²) >= 11 is 0. The van der Waals surface area contributed by atoms with Crippen molar-refractivity contribution in [3.63, 3.8) is 0 Å². The van der Waals surface area contributed by atoms with E-state index in [1.165, 1.54) is 0 Å². The molecule has 0 saturated heterocycles. The van der Waals surface area contributed by atoms with Crippen LogP contribution in [-0.4, -0.2) is 10.8 Å². The quantitative estimate of drug-likeness (QED) is 0.695. The van der Waals surface area contributed by atoms with Gasteiger partial charge in [-0.25, -0.2) is 0 Å². The van der Waals surface area contributed by atoms with Crippen LogP contribution in [0.25, 0.3) is 11.0 Å². The first-order valence-electron chi connectivity index (χ1n) is 6.86. The van der Waals surface area contributed by atoms with Gasteiger partial charge in [-0.1, -0.05) is 24.3 Å². The number of carbonyl (C=O) groups is 1. The Morgan fingerprint density at radius 3 is 2.71 bits per heavy atom. The smallest absolute Gasteiger partial charge is 0.290 e. The monoisotopic (exact) mass is 278 g/mol. The van der Waals surface area contributed by atoms with Crippen molar-refractivity contribution in [3.05, 3.63) is 65.4 Å². The fourth-order valence-electron chi connectivity index (χ4n) is 2.80. The maximum Gasteiger partial charge on any atom is 0.290 e. The van der Waals surface area contributed by atoms with Crippen molar-refractivity contribution in [1.29, 1.82) is 0 Å². The minimum Gasteiger partial charge on any atom is -0.451 e. The van der Waals surface area contributed by atoms with Crippen molar-refractivity contribution in [2.24, 2.45) is 0 Å². The molecular formula is C17H14N2O2. The second-order valence-corrected chi connectivity index (χ2v) is 5.34.